The third-order valence-electron chi connectivity index (χ3n) is 4.30. The van der Waals surface area contributed by atoms with Gasteiger partial charge in [0.2, 0.25) is 10.0 Å². The number of benzene rings is 1. The number of amides is 1. The largest absolute Gasteiger partial charge is 0.483 e. The number of ether oxygens (including phenoxy) is 1. The summed E-state index contributed by atoms with van der Waals surface area (Å²) in [4.78, 5) is 14.1. The lowest BCUT2D eigenvalue weighted by atomic mass is 10.2. The first-order valence-electron chi connectivity index (χ1n) is 8.41. The van der Waals surface area contributed by atoms with E-state index in [1.165, 1.54) is 10.4 Å². The SMILES string of the molecule is CCN(CC)S(=O)(=O)c1ccc(OCC(=O)N2CCCC2)c(C)c1. The number of sulfonamides is 1. The van der Waals surface area contributed by atoms with Crippen molar-refractivity contribution >= 4 is 15.9 Å². The van der Waals surface area contributed by atoms with E-state index < -0.39 is 10.0 Å². The average Bonchev–Trinajstić information content (AvgIpc) is 3.08. The van der Waals surface area contributed by atoms with Crippen LogP contribution >= 0.6 is 0 Å². The van der Waals surface area contributed by atoms with Gasteiger partial charge in [-0.1, -0.05) is 13.8 Å². The van der Waals surface area contributed by atoms with Crippen LogP contribution in [-0.2, 0) is 14.8 Å². The zero-order chi connectivity index (χ0) is 17.7. The van der Waals surface area contributed by atoms with Crippen LogP contribution in [-0.4, -0.2) is 56.3 Å². The molecule has 1 heterocycles. The highest BCUT2D eigenvalue weighted by Crippen LogP contribution is 2.24. The molecule has 134 valence electrons. The van der Waals surface area contributed by atoms with Gasteiger partial charge < -0.3 is 9.64 Å². The summed E-state index contributed by atoms with van der Waals surface area (Å²) in [6, 6.07) is 4.77. The average molecular weight is 354 g/mol. The topological polar surface area (TPSA) is 66.9 Å². The highest BCUT2D eigenvalue weighted by molar-refractivity contribution is 7.89. The standard InChI is InChI=1S/C17H26N2O4S/c1-4-19(5-2)24(21,22)15-8-9-16(14(3)12-15)23-13-17(20)18-10-6-7-11-18/h8-9,12H,4-7,10-11,13H2,1-3H3. The van der Waals surface area contributed by atoms with Crippen molar-refractivity contribution in [3.63, 3.8) is 0 Å². The van der Waals surface area contributed by atoms with Crippen molar-refractivity contribution in [1.82, 2.24) is 9.21 Å². The van der Waals surface area contributed by atoms with E-state index in [-0.39, 0.29) is 17.4 Å². The smallest absolute Gasteiger partial charge is 0.260 e. The van der Waals surface area contributed by atoms with Crippen LogP contribution in [0.2, 0.25) is 0 Å². The van der Waals surface area contributed by atoms with Gasteiger partial charge in [-0.25, -0.2) is 8.42 Å². The van der Waals surface area contributed by atoms with Gasteiger partial charge >= 0.3 is 0 Å². The maximum atomic E-state index is 12.5. The third-order valence-corrected chi connectivity index (χ3v) is 6.35. The maximum absolute atomic E-state index is 12.5. The summed E-state index contributed by atoms with van der Waals surface area (Å²) in [6.45, 7) is 7.86. The fourth-order valence-corrected chi connectivity index (χ4v) is 4.40. The normalized spacial score (nSPS) is 15.1. The second-order valence-corrected chi connectivity index (χ2v) is 7.83. The van der Waals surface area contributed by atoms with E-state index in [9.17, 15) is 13.2 Å². The molecule has 1 aliphatic rings. The van der Waals surface area contributed by atoms with E-state index in [2.05, 4.69) is 0 Å². The summed E-state index contributed by atoms with van der Waals surface area (Å²) in [5.74, 6) is 0.521. The van der Waals surface area contributed by atoms with Gasteiger partial charge in [0, 0.05) is 26.2 Å². The van der Waals surface area contributed by atoms with Gasteiger partial charge in [0.15, 0.2) is 6.61 Å². The molecule has 0 N–H and O–H groups in total. The first kappa shape index (κ1) is 18.7. The molecule has 0 bridgehead atoms. The Morgan fingerprint density at radius 1 is 1.21 bits per heavy atom. The van der Waals surface area contributed by atoms with E-state index in [0.717, 1.165) is 25.9 Å². The van der Waals surface area contributed by atoms with Crippen LogP contribution in [0.15, 0.2) is 23.1 Å². The molecule has 0 aliphatic carbocycles. The first-order chi connectivity index (χ1) is 11.4. The molecule has 24 heavy (non-hydrogen) atoms. The minimum absolute atomic E-state index is 0.0109. The van der Waals surface area contributed by atoms with Gasteiger partial charge in [-0.15, -0.1) is 0 Å². The van der Waals surface area contributed by atoms with Crippen molar-refractivity contribution in [2.45, 2.75) is 38.5 Å². The van der Waals surface area contributed by atoms with Crippen LogP contribution in [0.25, 0.3) is 0 Å². The van der Waals surface area contributed by atoms with Crippen molar-refractivity contribution in [1.29, 1.82) is 0 Å². The molecule has 2 rings (SSSR count). The predicted molar refractivity (Wildman–Crippen MR) is 92.6 cm³/mol. The molecule has 0 saturated carbocycles. The number of carbonyl (C=O) groups is 1. The molecule has 1 saturated heterocycles. The summed E-state index contributed by atoms with van der Waals surface area (Å²) in [6.07, 6.45) is 2.09. The second-order valence-electron chi connectivity index (χ2n) is 5.89. The van der Waals surface area contributed by atoms with Crippen LogP contribution < -0.4 is 4.74 Å². The summed E-state index contributed by atoms with van der Waals surface area (Å²) < 4.78 is 32.1. The molecule has 7 heteroatoms. The van der Waals surface area contributed by atoms with Crippen LogP contribution in [0.4, 0.5) is 0 Å². The highest BCUT2D eigenvalue weighted by Gasteiger charge is 2.23. The molecule has 1 aromatic rings. The van der Waals surface area contributed by atoms with E-state index in [1.807, 2.05) is 13.8 Å². The predicted octanol–water partition coefficient (Wildman–Crippen LogP) is 2.03. The lowest BCUT2D eigenvalue weighted by molar-refractivity contribution is -0.132. The maximum Gasteiger partial charge on any atom is 0.260 e. The van der Waals surface area contributed by atoms with Gasteiger partial charge in [-0.2, -0.15) is 4.31 Å². The molecule has 0 unspecified atom stereocenters. The molecule has 0 radical (unpaired) electrons. The summed E-state index contributed by atoms with van der Waals surface area (Å²) in [5, 5.41) is 0. The Hall–Kier alpha value is -1.60. The molecule has 0 aromatic heterocycles. The zero-order valence-corrected chi connectivity index (χ0v) is 15.4. The van der Waals surface area contributed by atoms with Gasteiger partial charge in [0.05, 0.1) is 4.90 Å². The number of rotatable bonds is 7. The van der Waals surface area contributed by atoms with Crippen molar-refractivity contribution in [3.8, 4) is 5.75 Å². The number of nitrogens with zero attached hydrogens (tertiary/aromatic N) is 2. The van der Waals surface area contributed by atoms with Crippen LogP contribution in [0, 0.1) is 6.92 Å². The van der Waals surface area contributed by atoms with Crippen LogP contribution in [0.1, 0.15) is 32.3 Å². The number of likely N-dealkylation sites (tertiary alicyclic amines) is 1. The molecule has 6 nitrogen and oxygen atoms in total. The Kier molecular flexibility index (Phi) is 6.23. The molecule has 0 spiro atoms. The van der Waals surface area contributed by atoms with Gasteiger partial charge in [0.25, 0.3) is 5.91 Å². The summed E-state index contributed by atoms with van der Waals surface area (Å²) >= 11 is 0. The highest BCUT2D eigenvalue weighted by atomic mass is 32.2. The van der Waals surface area contributed by atoms with Gasteiger partial charge in [-0.3, -0.25) is 4.79 Å². The molecule has 1 aromatic carbocycles. The quantitative estimate of drug-likeness (QED) is 0.751. The monoisotopic (exact) mass is 354 g/mol. The lowest BCUT2D eigenvalue weighted by Gasteiger charge is -2.19. The fraction of sp³-hybridized carbons (Fsp3) is 0.588. The summed E-state index contributed by atoms with van der Waals surface area (Å²) in [7, 11) is -3.48. The first-order valence-corrected chi connectivity index (χ1v) is 9.85. The Labute approximate surface area is 144 Å². The zero-order valence-electron chi connectivity index (χ0n) is 14.6. The van der Waals surface area contributed by atoms with Gasteiger partial charge in [-0.05, 0) is 43.5 Å². The fourth-order valence-electron chi connectivity index (χ4n) is 2.85. The Balaban J connectivity index is 2.08. The van der Waals surface area contributed by atoms with E-state index >= 15 is 0 Å². The molecule has 1 fully saturated rings. The van der Waals surface area contributed by atoms with E-state index in [1.54, 1.807) is 24.0 Å². The van der Waals surface area contributed by atoms with E-state index in [0.29, 0.717) is 24.4 Å². The number of hydrogen-bond donors (Lipinski definition) is 0. The third kappa shape index (κ3) is 4.08. The van der Waals surface area contributed by atoms with Crippen molar-refractivity contribution in [2.24, 2.45) is 0 Å². The van der Waals surface area contributed by atoms with Crippen molar-refractivity contribution in [3.05, 3.63) is 23.8 Å². The molecular weight excluding hydrogens is 328 g/mol. The minimum atomic E-state index is -3.48. The Morgan fingerprint density at radius 3 is 2.38 bits per heavy atom. The minimum Gasteiger partial charge on any atom is -0.483 e. The number of carbonyl (C=O) groups excluding carboxylic acids is 1. The molecule has 0 atom stereocenters. The molecular formula is C17H26N2O4S. The van der Waals surface area contributed by atoms with Crippen LogP contribution in [0.5, 0.6) is 5.75 Å². The summed E-state index contributed by atoms with van der Waals surface area (Å²) in [5.41, 5.74) is 0.706. The number of hydrogen-bond acceptors (Lipinski definition) is 4. The molecule has 1 amide bonds. The Bertz CT molecular complexity index is 678. The van der Waals surface area contributed by atoms with E-state index in [4.69, 9.17) is 4.74 Å². The van der Waals surface area contributed by atoms with Crippen molar-refractivity contribution in [2.75, 3.05) is 32.8 Å². The van der Waals surface area contributed by atoms with Gasteiger partial charge in [0.1, 0.15) is 5.75 Å². The van der Waals surface area contributed by atoms with Crippen LogP contribution in [0.3, 0.4) is 0 Å². The molecule has 1 aliphatic heterocycles. The van der Waals surface area contributed by atoms with Crippen molar-refractivity contribution < 1.29 is 17.9 Å². The lowest BCUT2D eigenvalue weighted by Crippen LogP contribution is -2.32. The second kappa shape index (κ2) is 7.98. The Morgan fingerprint density at radius 2 is 1.83 bits per heavy atom. The number of aryl methyl sites for hydroxylation is 1.